The Morgan fingerprint density at radius 2 is 1.92 bits per heavy atom. The van der Waals surface area contributed by atoms with Crippen LogP contribution in [0.3, 0.4) is 0 Å². The molecular weight excluding hydrogens is 352 g/mol. The Balaban J connectivity index is 1.68. The summed E-state index contributed by atoms with van der Waals surface area (Å²) in [6.45, 7) is 4.96. The summed E-state index contributed by atoms with van der Waals surface area (Å²) < 4.78 is 28.2. The second-order valence-electron chi connectivity index (χ2n) is 6.72. The van der Waals surface area contributed by atoms with E-state index < -0.39 is 10.0 Å². The molecule has 1 aliphatic heterocycles. The maximum absolute atomic E-state index is 12.6. The van der Waals surface area contributed by atoms with Crippen LogP contribution in [0.5, 0.6) is 0 Å². The minimum Gasteiger partial charge on any atom is -0.327 e. The van der Waals surface area contributed by atoms with Crippen molar-refractivity contribution >= 4 is 21.6 Å². The molecule has 2 aromatic rings. The summed E-state index contributed by atoms with van der Waals surface area (Å²) in [6, 6.07) is 5.84. The molecule has 1 fully saturated rings. The Hall–Kier alpha value is -2.19. The third kappa shape index (κ3) is 4.13. The summed E-state index contributed by atoms with van der Waals surface area (Å²) in [7, 11) is -3.58. The van der Waals surface area contributed by atoms with Crippen LogP contribution in [-0.2, 0) is 21.4 Å². The Bertz CT molecular complexity index is 899. The molecule has 1 aromatic heterocycles. The molecule has 26 heavy (non-hydrogen) atoms. The predicted octanol–water partition coefficient (Wildman–Crippen LogP) is 2.31. The van der Waals surface area contributed by atoms with E-state index in [9.17, 15) is 13.2 Å². The van der Waals surface area contributed by atoms with Gasteiger partial charge in [0.2, 0.25) is 5.91 Å². The van der Waals surface area contributed by atoms with Gasteiger partial charge in [-0.3, -0.25) is 4.79 Å². The quantitative estimate of drug-likeness (QED) is 0.868. The van der Waals surface area contributed by atoms with Crippen LogP contribution in [0.25, 0.3) is 0 Å². The van der Waals surface area contributed by atoms with E-state index in [1.807, 2.05) is 32.0 Å². The number of aryl methyl sites for hydroxylation is 2. The summed E-state index contributed by atoms with van der Waals surface area (Å²) in [5.41, 5.74) is 2.79. The van der Waals surface area contributed by atoms with E-state index in [4.69, 9.17) is 0 Å². The minimum atomic E-state index is -3.58. The molecule has 0 spiro atoms. The van der Waals surface area contributed by atoms with E-state index in [1.54, 1.807) is 0 Å². The number of carbonyl (C=O) groups is 1. The first-order valence-corrected chi connectivity index (χ1v) is 10.2. The molecule has 2 heterocycles. The maximum Gasteiger partial charge on any atom is 0.262 e. The number of benzene rings is 1. The Morgan fingerprint density at radius 3 is 2.65 bits per heavy atom. The third-order valence-corrected chi connectivity index (χ3v) is 6.31. The van der Waals surface area contributed by atoms with E-state index in [0.717, 1.165) is 36.1 Å². The van der Waals surface area contributed by atoms with Crippen LogP contribution in [0.2, 0.25) is 0 Å². The van der Waals surface area contributed by atoms with Crippen molar-refractivity contribution in [2.45, 2.75) is 44.7 Å². The third-order valence-electron chi connectivity index (χ3n) is 4.52. The summed E-state index contributed by atoms with van der Waals surface area (Å²) in [5.74, 6) is -0.224. The lowest BCUT2D eigenvalue weighted by molar-refractivity contribution is -0.116. The number of aromatic nitrogens is 2. The van der Waals surface area contributed by atoms with Gasteiger partial charge in [0.05, 0.1) is 6.33 Å². The zero-order chi connectivity index (χ0) is 18.7. The first kappa shape index (κ1) is 18.6. The van der Waals surface area contributed by atoms with Gasteiger partial charge in [-0.05, 0) is 43.9 Å². The number of amides is 1. The zero-order valence-corrected chi connectivity index (χ0v) is 15.9. The Morgan fingerprint density at radius 1 is 1.19 bits per heavy atom. The number of carbonyl (C=O) groups excluding carboxylic acids is 1. The topological polar surface area (TPSA) is 84.3 Å². The van der Waals surface area contributed by atoms with Crippen LogP contribution < -0.4 is 5.32 Å². The average molecular weight is 376 g/mol. The van der Waals surface area contributed by atoms with E-state index in [2.05, 4.69) is 10.3 Å². The fourth-order valence-electron chi connectivity index (χ4n) is 3.02. The molecule has 140 valence electrons. The number of sulfonamides is 1. The fourth-order valence-corrected chi connectivity index (χ4v) is 4.48. The standard InChI is InChI=1S/C18H24N4O3S/c1-14-6-7-15(2)16(10-14)20-17(23)11-21-12-18(19-13-21)26(24,25)22-8-4-3-5-9-22/h6-7,10,12-13H,3-5,8-9,11H2,1-2H3,(H,20,23). The molecular formula is C18H24N4O3S. The molecule has 1 saturated heterocycles. The highest BCUT2D eigenvalue weighted by Gasteiger charge is 2.28. The van der Waals surface area contributed by atoms with Crippen LogP contribution in [0.1, 0.15) is 30.4 Å². The lowest BCUT2D eigenvalue weighted by Crippen LogP contribution is -2.35. The van der Waals surface area contributed by atoms with Gasteiger partial charge in [0.1, 0.15) is 6.54 Å². The van der Waals surface area contributed by atoms with Gasteiger partial charge in [0, 0.05) is 25.0 Å². The predicted molar refractivity (Wildman–Crippen MR) is 99.4 cm³/mol. The molecule has 0 unspecified atom stereocenters. The number of hydrogen-bond acceptors (Lipinski definition) is 4. The van der Waals surface area contributed by atoms with Gasteiger partial charge in [0.25, 0.3) is 10.0 Å². The molecule has 0 atom stereocenters. The van der Waals surface area contributed by atoms with Gasteiger partial charge in [-0.2, -0.15) is 4.31 Å². The number of nitrogens with zero attached hydrogens (tertiary/aromatic N) is 3. The van der Waals surface area contributed by atoms with Gasteiger partial charge in [-0.15, -0.1) is 0 Å². The Kier molecular flexibility index (Phi) is 5.43. The summed E-state index contributed by atoms with van der Waals surface area (Å²) in [4.78, 5) is 16.3. The van der Waals surface area contributed by atoms with Crippen LogP contribution in [0, 0.1) is 13.8 Å². The van der Waals surface area contributed by atoms with E-state index >= 15 is 0 Å². The fraction of sp³-hybridized carbons (Fsp3) is 0.444. The van der Waals surface area contributed by atoms with Crippen molar-refractivity contribution in [2.75, 3.05) is 18.4 Å². The van der Waals surface area contributed by atoms with Crippen LogP contribution in [0.15, 0.2) is 35.7 Å². The molecule has 1 aliphatic rings. The normalized spacial score (nSPS) is 15.8. The SMILES string of the molecule is Cc1ccc(C)c(NC(=O)Cn2cnc(S(=O)(=O)N3CCCCC3)c2)c1. The molecule has 0 radical (unpaired) electrons. The van der Waals surface area contributed by atoms with E-state index in [-0.39, 0.29) is 17.5 Å². The zero-order valence-electron chi connectivity index (χ0n) is 15.1. The number of hydrogen-bond donors (Lipinski definition) is 1. The molecule has 1 N–H and O–H groups in total. The lowest BCUT2D eigenvalue weighted by atomic mass is 10.1. The van der Waals surface area contributed by atoms with Gasteiger partial charge in [-0.1, -0.05) is 18.6 Å². The second kappa shape index (κ2) is 7.59. The summed E-state index contributed by atoms with van der Waals surface area (Å²) in [5, 5.41) is 2.86. The molecule has 0 bridgehead atoms. The van der Waals surface area contributed by atoms with Crippen molar-refractivity contribution in [2.24, 2.45) is 0 Å². The highest BCUT2D eigenvalue weighted by atomic mass is 32.2. The minimum absolute atomic E-state index is 0.000985. The van der Waals surface area contributed by atoms with Gasteiger partial charge < -0.3 is 9.88 Å². The molecule has 7 nitrogen and oxygen atoms in total. The molecule has 0 saturated carbocycles. The molecule has 1 aromatic carbocycles. The summed E-state index contributed by atoms with van der Waals surface area (Å²) in [6.07, 6.45) is 5.61. The number of piperidine rings is 1. The Labute approximate surface area is 154 Å². The largest absolute Gasteiger partial charge is 0.327 e. The van der Waals surface area contributed by atoms with Crippen LogP contribution in [0.4, 0.5) is 5.69 Å². The maximum atomic E-state index is 12.6. The molecule has 0 aliphatic carbocycles. The highest BCUT2D eigenvalue weighted by Crippen LogP contribution is 2.19. The first-order chi connectivity index (χ1) is 12.4. The lowest BCUT2D eigenvalue weighted by Gasteiger charge is -2.24. The second-order valence-corrected chi connectivity index (χ2v) is 8.60. The van der Waals surface area contributed by atoms with Crippen molar-refractivity contribution in [3.8, 4) is 0 Å². The molecule has 1 amide bonds. The smallest absolute Gasteiger partial charge is 0.262 e. The van der Waals surface area contributed by atoms with E-state index in [0.29, 0.717) is 13.1 Å². The van der Waals surface area contributed by atoms with Crippen molar-refractivity contribution in [1.29, 1.82) is 0 Å². The number of imidazole rings is 1. The van der Waals surface area contributed by atoms with Crippen molar-refractivity contribution in [3.63, 3.8) is 0 Å². The van der Waals surface area contributed by atoms with Crippen LogP contribution in [-0.4, -0.2) is 41.3 Å². The highest BCUT2D eigenvalue weighted by molar-refractivity contribution is 7.89. The van der Waals surface area contributed by atoms with Crippen LogP contribution >= 0.6 is 0 Å². The van der Waals surface area contributed by atoms with Gasteiger partial charge in [-0.25, -0.2) is 13.4 Å². The molecule has 8 heteroatoms. The number of anilines is 1. The van der Waals surface area contributed by atoms with E-state index in [1.165, 1.54) is 21.4 Å². The summed E-state index contributed by atoms with van der Waals surface area (Å²) >= 11 is 0. The van der Waals surface area contributed by atoms with Gasteiger partial charge >= 0.3 is 0 Å². The first-order valence-electron chi connectivity index (χ1n) is 8.75. The molecule has 3 rings (SSSR count). The number of rotatable bonds is 5. The number of nitrogens with one attached hydrogen (secondary N) is 1. The average Bonchev–Trinajstić information content (AvgIpc) is 3.08. The van der Waals surface area contributed by atoms with Crippen molar-refractivity contribution in [1.82, 2.24) is 13.9 Å². The van der Waals surface area contributed by atoms with Gasteiger partial charge in [0.15, 0.2) is 5.03 Å². The van der Waals surface area contributed by atoms with Crippen molar-refractivity contribution in [3.05, 3.63) is 41.9 Å². The van der Waals surface area contributed by atoms with Crippen molar-refractivity contribution < 1.29 is 13.2 Å². The monoisotopic (exact) mass is 376 g/mol.